The summed E-state index contributed by atoms with van der Waals surface area (Å²) in [6, 6.07) is 1.34. The first-order valence-electron chi connectivity index (χ1n) is 7.95. The van der Waals surface area contributed by atoms with Crippen molar-refractivity contribution in [3.63, 3.8) is 0 Å². The van der Waals surface area contributed by atoms with E-state index in [0.717, 1.165) is 25.9 Å². The van der Waals surface area contributed by atoms with E-state index in [1.165, 1.54) is 10.4 Å². The Bertz CT molecular complexity index is 670. The van der Waals surface area contributed by atoms with Crippen LogP contribution in [0.5, 0.6) is 0 Å². The number of sulfonamides is 1. The fourth-order valence-electron chi connectivity index (χ4n) is 2.97. The van der Waals surface area contributed by atoms with Gasteiger partial charge in [-0.3, -0.25) is 4.79 Å². The third kappa shape index (κ3) is 3.44. The number of furan rings is 1. The Morgan fingerprint density at radius 2 is 2.13 bits per heavy atom. The predicted octanol–water partition coefficient (Wildman–Crippen LogP) is 1.14. The molecule has 3 heterocycles. The maximum absolute atomic E-state index is 12.6. The second-order valence-electron chi connectivity index (χ2n) is 6.08. The summed E-state index contributed by atoms with van der Waals surface area (Å²) < 4.78 is 37.2. The Kier molecular flexibility index (Phi) is 4.74. The molecule has 1 unspecified atom stereocenters. The van der Waals surface area contributed by atoms with Crippen LogP contribution in [0.4, 0.5) is 0 Å². The van der Waals surface area contributed by atoms with E-state index in [2.05, 4.69) is 5.32 Å². The SMILES string of the molecule is Cc1oc(C(=O)NCC2CCOC2)cc1S(=O)(=O)N1CCCC1. The van der Waals surface area contributed by atoms with Crippen molar-refractivity contribution < 1.29 is 22.4 Å². The van der Waals surface area contributed by atoms with Crippen molar-refractivity contribution in [2.45, 2.75) is 31.1 Å². The molecule has 1 aromatic heterocycles. The molecule has 128 valence electrons. The largest absolute Gasteiger partial charge is 0.455 e. The molecule has 0 aliphatic carbocycles. The lowest BCUT2D eigenvalue weighted by molar-refractivity contribution is 0.0916. The van der Waals surface area contributed by atoms with Gasteiger partial charge in [0.2, 0.25) is 10.0 Å². The molecule has 0 spiro atoms. The molecule has 23 heavy (non-hydrogen) atoms. The van der Waals surface area contributed by atoms with Crippen LogP contribution in [0, 0.1) is 12.8 Å². The molecule has 1 amide bonds. The average molecular weight is 342 g/mol. The van der Waals surface area contributed by atoms with Crippen LogP contribution >= 0.6 is 0 Å². The Morgan fingerprint density at radius 3 is 2.78 bits per heavy atom. The van der Waals surface area contributed by atoms with Crippen molar-refractivity contribution >= 4 is 15.9 Å². The van der Waals surface area contributed by atoms with Crippen LogP contribution in [-0.4, -0.2) is 51.5 Å². The number of nitrogens with zero attached hydrogens (tertiary/aromatic N) is 1. The standard InChI is InChI=1S/C15H22N2O5S/c1-11-14(23(19,20)17-5-2-3-6-17)8-13(22-11)15(18)16-9-12-4-7-21-10-12/h8,12H,2-7,9-10H2,1H3,(H,16,18). The molecule has 0 bridgehead atoms. The van der Waals surface area contributed by atoms with Gasteiger partial charge in [-0.05, 0) is 26.2 Å². The van der Waals surface area contributed by atoms with Gasteiger partial charge in [0.15, 0.2) is 5.76 Å². The van der Waals surface area contributed by atoms with Crippen molar-refractivity contribution in [2.75, 3.05) is 32.8 Å². The van der Waals surface area contributed by atoms with Gasteiger partial charge in [0, 0.05) is 38.2 Å². The monoisotopic (exact) mass is 342 g/mol. The minimum atomic E-state index is -3.57. The molecule has 3 rings (SSSR count). The first-order valence-corrected chi connectivity index (χ1v) is 9.39. The van der Waals surface area contributed by atoms with Crippen LogP contribution in [0.3, 0.4) is 0 Å². The lowest BCUT2D eigenvalue weighted by Crippen LogP contribution is -2.29. The van der Waals surface area contributed by atoms with E-state index in [1.807, 2.05) is 0 Å². The third-order valence-corrected chi connectivity index (χ3v) is 6.36. The first-order chi connectivity index (χ1) is 11.0. The Morgan fingerprint density at radius 1 is 1.39 bits per heavy atom. The molecule has 0 aromatic carbocycles. The van der Waals surface area contributed by atoms with Crippen LogP contribution in [-0.2, 0) is 14.8 Å². The molecular weight excluding hydrogens is 320 g/mol. The van der Waals surface area contributed by atoms with Crippen LogP contribution in [0.1, 0.15) is 35.6 Å². The highest BCUT2D eigenvalue weighted by Crippen LogP contribution is 2.26. The summed E-state index contributed by atoms with van der Waals surface area (Å²) in [5.41, 5.74) is 0. The van der Waals surface area contributed by atoms with Gasteiger partial charge in [-0.2, -0.15) is 4.31 Å². The van der Waals surface area contributed by atoms with Gasteiger partial charge in [-0.1, -0.05) is 0 Å². The van der Waals surface area contributed by atoms with Gasteiger partial charge in [-0.25, -0.2) is 8.42 Å². The zero-order valence-electron chi connectivity index (χ0n) is 13.2. The summed E-state index contributed by atoms with van der Waals surface area (Å²) in [6.45, 7) is 4.49. The van der Waals surface area contributed by atoms with E-state index >= 15 is 0 Å². The fourth-order valence-corrected chi connectivity index (χ4v) is 4.65. The third-order valence-electron chi connectivity index (χ3n) is 4.35. The summed E-state index contributed by atoms with van der Waals surface area (Å²) >= 11 is 0. The van der Waals surface area contributed by atoms with E-state index < -0.39 is 10.0 Å². The zero-order valence-corrected chi connectivity index (χ0v) is 14.0. The topological polar surface area (TPSA) is 88.8 Å². The molecule has 2 fully saturated rings. The minimum Gasteiger partial charge on any atom is -0.455 e. The van der Waals surface area contributed by atoms with Gasteiger partial charge in [0.05, 0.1) is 6.61 Å². The van der Waals surface area contributed by atoms with Crippen molar-refractivity contribution in [3.8, 4) is 0 Å². The van der Waals surface area contributed by atoms with E-state index in [1.54, 1.807) is 6.92 Å². The molecule has 1 aromatic rings. The van der Waals surface area contributed by atoms with Crippen LogP contribution in [0.2, 0.25) is 0 Å². The van der Waals surface area contributed by atoms with Gasteiger partial charge in [0.25, 0.3) is 5.91 Å². The van der Waals surface area contributed by atoms with Crippen LogP contribution < -0.4 is 5.32 Å². The number of nitrogens with one attached hydrogen (secondary N) is 1. The first kappa shape index (κ1) is 16.5. The van der Waals surface area contributed by atoms with Crippen molar-refractivity contribution in [1.82, 2.24) is 9.62 Å². The Labute approximate surface area is 136 Å². The summed E-state index contributed by atoms with van der Waals surface area (Å²) in [4.78, 5) is 12.3. The Balaban J connectivity index is 1.71. The minimum absolute atomic E-state index is 0.0409. The number of aryl methyl sites for hydroxylation is 1. The van der Waals surface area contributed by atoms with Gasteiger partial charge >= 0.3 is 0 Å². The number of hydrogen-bond acceptors (Lipinski definition) is 5. The van der Waals surface area contributed by atoms with Gasteiger partial charge in [-0.15, -0.1) is 0 Å². The summed E-state index contributed by atoms with van der Waals surface area (Å²) in [5.74, 6) is 0.219. The van der Waals surface area contributed by atoms with E-state index in [4.69, 9.17) is 9.15 Å². The van der Waals surface area contributed by atoms with E-state index in [9.17, 15) is 13.2 Å². The summed E-state index contributed by atoms with van der Waals surface area (Å²) in [6.07, 6.45) is 2.66. The molecular formula is C15H22N2O5S. The van der Waals surface area contributed by atoms with Gasteiger partial charge in [0.1, 0.15) is 10.7 Å². The highest BCUT2D eigenvalue weighted by Gasteiger charge is 2.31. The second-order valence-corrected chi connectivity index (χ2v) is 7.99. The Hall–Kier alpha value is -1.38. The molecule has 0 saturated carbocycles. The lowest BCUT2D eigenvalue weighted by atomic mass is 10.1. The number of hydrogen-bond donors (Lipinski definition) is 1. The second kappa shape index (κ2) is 6.62. The molecule has 2 aliphatic rings. The number of ether oxygens (including phenoxy) is 1. The number of amides is 1. The molecule has 2 saturated heterocycles. The van der Waals surface area contributed by atoms with E-state index in [-0.39, 0.29) is 22.3 Å². The number of rotatable bonds is 5. The molecule has 8 heteroatoms. The molecule has 2 aliphatic heterocycles. The maximum Gasteiger partial charge on any atom is 0.287 e. The zero-order chi connectivity index (χ0) is 16.4. The molecule has 1 atom stereocenters. The van der Waals surface area contributed by atoms with Gasteiger partial charge < -0.3 is 14.5 Å². The molecule has 0 radical (unpaired) electrons. The smallest absolute Gasteiger partial charge is 0.287 e. The predicted molar refractivity (Wildman–Crippen MR) is 82.7 cm³/mol. The maximum atomic E-state index is 12.6. The fraction of sp³-hybridized carbons (Fsp3) is 0.667. The summed E-state index contributed by atoms with van der Waals surface area (Å²) in [7, 11) is -3.57. The average Bonchev–Trinajstić information content (AvgIpc) is 3.25. The van der Waals surface area contributed by atoms with Crippen LogP contribution in [0.25, 0.3) is 0 Å². The van der Waals surface area contributed by atoms with Crippen molar-refractivity contribution in [1.29, 1.82) is 0 Å². The van der Waals surface area contributed by atoms with Crippen LogP contribution in [0.15, 0.2) is 15.4 Å². The summed E-state index contributed by atoms with van der Waals surface area (Å²) in [5, 5.41) is 2.78. The van der Waals surface area contributed by atoms with E-state index in [0.29, 0.717) is 32.2 Å². The quantitative estimate of drug-likeness (QED) is 0.867. The number of carbonyl (C=O) groups excluding carboxylic acids is 1. The highest BCUT2D eigenvalue weighted by molar-refractivity contribution is 7.89. The highest BCUT2D eigenvalue weighted by atomic mass is 32.2. The number of carbonyl (C=O) groups is 1. The molecule has 7 nitrogen and oxygen atoms in total. The van der Waals surface area contributed by atoms with Crippen molar-refractivity contribution in [2.24, 2.45) is 5.92 Å². The molecule has 1 N–H and O–H groups in total. The lowest BCUT2D eigenvalue weighted by Gasteiger charge is -2.14. The van der Waals surface area contributed by atoms with Crippen molar-refractivity contribution in [3.05, 3.63) is 17.6 Å². The normalized spacial score (nSPS) is 22.6.